The van der Waals surface area contributed by atoms with Crippen molar-refractivity contribution in [3.8, 4) is 17.2 Å². The van der Waals surface area contributed by atoms with Crippen molar-refractivity contribution in [3.05, 3.63) is 65.0 Å². The van der Waals surface area contributed by atoms with Crippen LogP contribution in [0.2, 0.25) is 5.02 Å². The molecule has 1 aromatic heterocycles. The quantitative estimate of drug-likeness (QED) is 0.708. The molecule has 0 aliphatic heterocycles. The average molecular weight is 313 g/mol. The van der Waals surface area contributed by atoms with Gasteiger partial charge in [0.05, 0.1) is 17.7 Å². The number of methoxy groups -OCH3 is 1. The molecule has 0 bridgehead atoms. The number of hydrogen-bond donors (Lipinski definition) is 0. The summed E-state index contributed by atoms with van der Waals surface area (Å²) in [6.07, 6.45) is 3.65. The molecule has 0 aliphatic carbocycles. The van der Waals surface area contributed by atoms with Crippen LogP contribution in [-0.2, 0) is 0 Å². The fourth-order valence-corrected chi connectivity index (χ4v) is 2.14. The first-order chi connectivity index (χ1) is 10.8. The maximum Gasteiger partial charge on any atom is 0.249 e. The Bertz CT molecular complexity index is 794. The van der Waals surface area contributed by atoms with Crippen LogP contribution in [0.15, 0.2) is 52.9 Å². The zero-order valence-electron chi connectivity index (χ0n) is 11.9. The zero-order chi connectivity index (χ0) is 15.4. The molecule has 22 heavy (non-hydrogen) atoms. The highest BCUT2D eigenvalue weighted by atomic mass is 35.5. The third-order valence-electron chi connectivity index (χ3n) is 3.08. The average Bonchev–Trinajstić information content (AvgIpc) is 3.02. The predicted molar refractivity (Wildman–Crippen MR) is 86.7 cm³/mol. The molecular formula is C17H13ClN2O2. The first kappa shape index (κ1) is 14.4. The smallest absolute Gasteiger partial charge is 0.249 e. The third kappa shape index (κ3) is 3.18. The van der Waals surface area contributed by atoms with E-state index in [9.17, 15) is 0 Å². The van der Waals surface area contributed by atoms with E-state index < -0.39 is 0 Å². The van der Waals surface area contributed by atoms with Crippen LogP contribution in [0.3, 0.4) is 0 Å². The predicted octanol–water partition coefficient (Wildman–Crippen LogP) is 4.57. The van der Waals surface area contributed by atoms with E-state index in [1.54, 1.807) is 19.3 Å². The maximum absolute atomic E-state index is 6.11. The summed E-state index contributed by atoms with van der Waals surface area (Å²) in [7, 11) is 1.64. The van der Waals surface area contributed by atoms with Crippen molar-refractivity contribution in [2.45, 2.75) is 0 Å². The van der Waals surface area contributed by atoms with E-state index in [2.05, 4.69) is 10.2 Å². The minimum Gasteiger partial charge on any atom is -0.497 e. The van der Waals surface area contributed by atoms with Gasteiger partial charge in [0.15, 0.2) is 0 Å². The summed E-state index contributed by atoms with van der Waals surface area (Å²) < 4.78 is 10.7. The molecule has 0 fully saturated rings. The topological polar surface area (TPSA) is 48.2 Å². The molecule has 0 unspecified atom stereocenters. The lowest BCUT2D eigenvalue weighted by Crippen LogP contribution is -1.81. The minimum absolute atomic E-state index is 0.403. The van der Waals surface area contributed by atoms with Crippen molar-refractivity contribution in [2.75, 3.05) is 7.11 Å². The molecule has 5 heteroatoms. The van der Waals surface area contributed by atoms with Crippen molar-refractivity contribution in [2.24, 2.45) is 0 Å². The van der Waals surface area contributed by atoms with Crippen molar-refractivity contribution in [1.29, 1.82) is 0 Å². The van der Waals surface area contributed by atoms with Crippen molar-refractivity contribution in [3.63, 3.8) is 0 Å². The SMILES string of the molecule is COc1ccc(/C=C/c2nnc(-c3ccccc3Cl)o2)cc1. The van der Waals surface area contributed by atoms with Crippen LogP contribution < -0.4 is 4.74 Å². The van der Waals surface area contributed by atoms with Gasteiger partial charge >= 0.3 is 0 Å². The molecule has 0 N–H and O–H groups in total. The van der Waals surface area contributed by atoms with E-state index in [1.807, 2.05) is 48.5 Å². The number of benzene rings is 2. The van der Waals surface area contributed by atoms with Gasteiger partial charge in [-0.15, -0.1) is 10.2 Å². The van der Waals surface area contributed by atoms with Gasteiger partial charge in [0, 0.05) is 6.08 Å². The van der Waals surface area contributed by atoms with Crippen LogP contribution >= 0.6 is 11.6 Å². The summed E-state index contributed by atoms with van der Waals surface area (Å²) in [5.74, 6) is 1.64. The van der Waals surface area contributed by atoms with E-state index in [-0.39, 0.29) is 0 Å². The van der Waals surface area contributed by atoms with Crippen LogP contribution in [0.4, 0.5) is 0 Å². The third-order valence-corrected chi connectivity index (χ3v) is 3.41. The number of nitrogens with zero attached hydrogens (tertiary/aromatic N) is 2. The van der Waals surface area contributed by atoms with Gasteiger partial charge in [-0.2, -0.15) is 0 Å². The number of rotatable bonds is 4. The summed E-state index contributed by atoms with van der Waals surface area (Å²) in [4.78, 5) is 0. The zero-order valence-corrected chi connectivity index (χ0v) is 12.6. The van der Waals surface area contributed by atoms with Gasteiger partial charge in [-0.25, -0.2) is 0 Å². The van der Waals surface area contributed by atoms with E-state index in [0.29, 0.717) is 16.8 Å². The first-order valence-corrected chi connectivity index (χ1v) is 7.04. The summed E-state index contributed by atoms with van der Waals surface area (Å²) in [5.41, 5.74) is 1.74. The summed E-state index contributed by atoms with van der Waals surface area (Å²) in [6, 6.07) is 15.0. The molecule has 0 spiro atoms. The number of ether oxygens (including phenoxy) is 1. The maximum atomic E-state index is 6.11. The molecule has 4 nitrogen and oxygen atoms in total. The van der Waals surface area contributed by atoms with Crippen LogP contribution in [0.1, 0.15) is 11.5 Å². The molecule has 3 rings (SSSR count). The highest BCUT2D eigenvalue weighted by Crippen LogP contribution is 2.26. The highest BCUT2D eigenvalue weighted by molar-refractivity contribution is 6.33. The molecule has 0 radical (unpaired) electrons. The Kier molecular flexibility index (Phi) is 4.21. The van der Waals surface area contributed by atoms with E-state index in [0.717, 1.165) is 16.9 Å². The standard InChI is InChI=1S/C17H13ClN2O2/c1-21-13-9-6-12(7-10-13)8-11-16-19-20-17(22-16)14-4-2-3-5-15(14)18/h2-11H,1H3/b11-8+. The second kappa shape index (κ2) is 6.45. The monoisotopic (exact) mass is 312 g/mol. The Labute approximate surface area is 133 Å². The van der Waals surface area contributed by atoms with E-state index in [1.165, 1.54) is 0 Å². The second-order valence-corrected chi connectivity index (χ2v) is 4.94. The second-order valence-electron chi connectivity index (χ2n) is 4.53. The molecule has 0 amide bonds. The molecule has 0 atom stereocenters. The normalized spacial score (nSPS) is 11.0. The number of aromatic nitrogens is 2. The van der Waals surface area contributed by atoms with Gasteiger partial charge in [0.25, 0.3) is 0 Å². The lowest BCUT2D eigenvalue weighted by atomic mass is 10.2. The minimum atomic E-state index is 0.403. The van der Waals surface area contributed by atoms with Crippen LogP contribution in [0.5, 0.6) is 5.75 Å². The van der Waals surface area contributed by atoms with Gasteiger partial charge in [0.2, 0.25) is 11.8 Å². The van der Waals surface area contributed by atoms with Crippen LogP contribution in [-0.4, -0.2) is 17.3 Å². The largest absolute Gasteiger partial charge is 0.497 e. The molecule has 1 heterocycles. The van der Waals surface area contributed by atoms with Gasteiger partial charge in [-0.3, -0.25) is 0 Å². The van der Waals surface area contributed by atoms with E-state index >= 15 is 0 Å². The lowest BCUT2D eigenvalue weighted by molar-refractivity contribution is 0.415. The molecule has 0 saturated heterocycles. The van der Waals surface area contributed by atoms with Crippen LogP contribution in [0, 0.1) is 0 Å². The van der Waals surface area contributed by atoms with Crippen LogP contribution in [0.25, 0.3) is 23.6 Å². The molecule has 0 saturated carbocycles. The van der Waals surface area contributed by atoms with Crippen molar-refractivity contribution in [1.82, 2.24) is 10.2 Å². The van der Waals surface area contributed by atoms with Gasteiger partial charge in [0.1, 0.15) is 5.75 Å². The van der Waals surface area contributed by atoms with Gasteiger partial charge in [-0.05, 0) is 35.9 Å². The molecule has 2 aromatic carbocycles. The fourth-order valence-electron chi connectivity index (χ4n) is 1.93. The highest BCUT2D eigenvalue weighted by Gasteiger charge is 2.09. The van der Waals surface area contributed by atoms with E-state index in [4.69, 9.17) is 20.8 Å². The Morgan fingerprint density at radius 1 is 1.00 bits per heavy atom. The first-order valence-electron chi connectivity index (χ1n) is 6.67. The molecule has 0 aliphatic rings. The summed E-state index contributed by atoms with van der Waals surface area (Å²) >= 11 is 6.11. The summed E-state index contributed by atoms with van der Waals surface area (Å²) in [5, 5.41) is 8.59. The Hall–Kier alpha value is -2.59. The molecular weight excluding hydrogens is 300 g/mol. The lowest BCUT2D eigenvalue weighted by Gasteiger charge is -1.98. The number of hydrogen-bond acceptors (Lipinski definition) is 4. The van der Waals surface area contributed by atoms with Crippen molar-refractivity contribution < 1.29 is 9.15 Å². The van der Waals surface area contributed by atoms with Crippen molar-refractivity contribution >= 4 is 23.8 Å². The molecule has 3 aromatic rings. The molecule has 110 valence electrons. The number of halogens is 1. The Morgan fingerprint density at radius 3 is 2.50 bits per heavy atom. The van der Waals surface area contributed by atoms with Gasteiger partial charge in [-0.1, -0.05) is 35.9 Å². The fraction of sp³-hybridized carbons (Fsp3) is 0.0588. The summed E-state index contributed by atoms with van der Waals surface area (Å²) in [6.45, 7) is 0. The Balaban J connectivity index is 1.79. The van der Waals surface area contributed by atoms with Gasteiger partial charge < -0.3 is 9.15 Å². The Morgan fingerprint density at radius 2 is 1.77 bits per heavy atom.